The Bertz CT molecular complexity index is 461. The van der Waals surface area contributed by atoms with E-state index < -0.39 is 5.82 Å². The molecule has 0 bridgehead atoms. The van der Waals surface area contributed by atoms with Crippen molar-refractivity contribution >= 4 is 5.95 Å². The Labute approximate surface area is 90.7 Å². The number of halogens is 1. The van der Waals surface area contributed by atoms with Crippen LogP contribution in [0.1, 0.15) is 6.04 Å². The number of rotatable bonds is 2. The van der Waals surface area contributed by atoms with E-state index in [9.17, 15) is 4.39 Å². The predicted octanol–water partition coefficient (Wildman–Crippen LogP) is 0.268. The molecule has 0 radical (unpaired) electrons. The molecule has 82 valence electrons. The second kappa shape index (κ2) is 3.51. The highest BCUT2D eigenvalue weighted by Crippen LogP contribution is 2.23. The Balaban J connectivity index is 1.67. The summed E-state index contributed by atoms with van der Waals surface area (Å²) in [5.41, 5.74) is 0. The van der Waals surface area contributed by atoms with Crippen molar-refractivity contribution in [1.82, 2.24) is 25.0 Å². The normalized spacial score (nSPS) is 16.2. The van der Waals surface area contributed by atoms with Crippen molar-refractivity contribution in [3.05, 3.63) is 30.6 Å². The van der Waals surface area contributed by atoms with Gasteiger partial charge in [0.25, 0.3) is 0 Å². The van der Waals surface area contributed by atoms with Gasteiger partial charge in [-0.05, 0) is 0 Å². The Morgan fingerprint density at radius 2 is 1.75 bits per heavy atom. The second-order valence-electron chi connectivity index (χ2n) is 3.61. The first-order chi connectivity index (χ1) is 7.83. The van der Waals surface area contributed by atoms with Crippen LogP contribution in [-0.2, 0) is 0 Å². The maximum atomic E-state index is 12.6. The molecule has 3 heterocycles. The summed E-state index contributed by atoms with van der Waals surface area (Å²) < 4.78 is 12.6. The summed E-state index contributed by atoms with van der Waals surface area (Å²) in [5, 5.41) is 8.12. The Morgan fingerprint density at radius 1 is 1.12 bits per heavy atom. The summed E-state index contributed by atoms with van der Waals surface area (Å²) in [5.74, 6) is 0.124. The molecule has 0 N–H and O–H groups in total. The monoisotopic (exact) mass is 220 g/mol. The average Bonchev–Trinajstić information content (AvgIpc) is 2.72. The lowest BCUT2D eigenvalue weighted by atomic mass is 10.1. The maximum absolute atomic E-state index is 12.6. The van der Waals surface area contributed by atoms with Crippen LogP contribution in [-0.4, -0.2) is 38.1 Å². The zero-order valence-electron chi connectivity index (χ0n) is 8.36. The van der Waals surface area contributed by atoms with E-state index in [0.717, 1.165) is 13.1 Å². The van der Waals surface area contributed by atoms with Gasteiger partial charge < -0.3 is 4.90 Å². The van der Waals surface area contributed by atoms with Crippen LogP contribution in [0, 0.1) is 5.82 Å². The summed E-state index contributed by atoms with van der Waals surface area (Å²) in [7, 11) is 0. The third-order valence-electron chi connectivity index (χ3n) is 2.52. The molecule has 7 heteroatoms. The molecule has 0 amide bonds. The first-order valence-electron chi connectivity index (χ1n) is 4.91. The van der Waals surface area contributed by atoms with Crippen LogP contribution >= 0.6 is 0 Å². The van der Waals surface area contributed by atoms with Gasteiger partial charge in [0.1, 0.15) is 6.04 Å². The van der Waals surface area contributed by atoms with Crippen LogP contribution in [0.15, 0.2) is 24.8 Å². The topological polar surface area (TPSA) is 59.7 Å². The minimum atomic E-state index is -0.422. The van der Waals surface area contributed by atoms with Crippen molar-refractivity contribution in [2.24, 2.45) is 0 Å². The van der Waals surface area contributed by atoms with Crippen LogP contribution in [0.2, 0.25) is 0 Å². The first-order valence-corrected chi connectivity index (χ1v) is 4.91. The highest BCUT2D eigenvalue weighted by Gasteiger charge is 2.31. The fourth-order valence-electron chi connectivity index (χ4n) is 1.65. The largest absolute Gasteiger partial charge is 0.336 e. The van der Waals surface area contributed by atoms with E-state index in [0.29, 0.717) is 5.95 Å². The van der Waals surface area contributed by atoms with E-state index in [1.54, 1.807) is 17.2 Å². The average molecular weight is 220 g/mol. The maximum Gasteiger partial charge on any atom is 0.225 e. The molecule has 1 aliphatic heterocycles. The van der Waals surface area contributed by atoms with E-state index in [-0.39, 0.29) is 6.04 Å². The fraction of sp³-hybridized carbons (Fsp3) is 0.333. The van der Waals surface area contributed by atoms with Gasteiger partial charge in [-0.25, -0.2) is 14.4 Å². The number of hydrogen-bond donors (Lipinski definition) is 0. The summed E-state index contributed by atoms with van der Waals surface area (Å²) in [6.45, 7) is 1.50. The van der Waals surface area contributed by atoms with Gasteiger partial charge >= 0.3 is 0 Å². The minimum absolute atomic E-state index is 0.253. The molecular formula is C9H9FN6. The predicted molar refractivity (Wildman–Crippen MR) is 53.3 cm³/mol. The van der Waals surface area contributed by atoms with Crippen LogP contribution in [0.25, 0.3) is 0 Å². The van der Waals surface area contributed by atoms with Crippen molar-refractivity contribution in [2.75, 3.05) is 18.0 Å². The van der Waals surface area contributed by atoms with Gasteiger partial charge in [0.05, 0.1) is 24.8 Å². The molecule has 6 nitrogen and oxygen atoms in total. The summed E-state index contributed by atoms with van der Waals surface area (Å²) in [4.78, 5) is 11.4. The SMILES string of the molecule is Fc1cnc(N2CC(n3nccn3)C2)nc1. The third-order valence-corrected chi connectivity index (χ3v) is 2.52. The molecule has 0 atom stereocenters. The standard InChI is InChI=1S/C9H9FN6/c10-7-3-11-9(12-4-7)15-5-8(6-15)16-13-1-2-14-16/h1-4,8H,5-6H2. The van der Waals surface area contributed by atoms with Crippen molar-refractivity contribution in [1.29, 1.82) is 0 Å². The van der Waals surface area contributed by atoms with Crippen molar-refractivity contribution in [3.63, 3.8) is 0 Å². The molecule has 0 unspecified atom stereocenters. The molecule has 1 saturated heterocycles. The van der Waals surface area contributed by atoms with Gasteiger partial charge in [0.15, 0.2) is 5.82 Å². The lowest BCUT2D eigenvalue weighted by Crippen LogP contribution is -2.49. The van der Waals surface area contributed by atoms with Crippen LogP contribution in [0.4, 0.5) is 10.3 Å². The fourth-order valence-corrected chi connectivity index (χ4v) is 1.65. The van der Waals surface area contributed by atoms with Crippen molar-refractivity contribution in [3.8, 4) is 0 Å². The summed E-state index contributed by atoms with van der Waals surface area (Å²) >= 11 is 0. The molecule has 0 aliphatic carbocycles. The van der Waals surface area contributed by atoms with Crippen LogP contribution < -0.4 is 4.90 Å². The van der Waals surface area contributed by atoms with Gasteiger partial charge in [-0.2, -0.15) is 15.0 Å². The Hall–Kier alpha value is -2.05. The zero-order valence-corrected chi connectivity index (χ0v) is 8.36. The minimum Gasteiger partial charge on any atom is -0.336 e. The second-order valence-corrected chi connectivity index (χ2v) is 3.61. The van der Waals surface area contributed by atoms with Crippen LogP contribution in [0.5, 0.6) is 0 Å². The quantitative estimate of drug-likeness (QED) is 0.727. The smallest absolute Gasteiger partial charge is 0.225 e. The van der Waals surface area contributed by atoms with E-state index in [1.807, 2.05) is 4.90 Å². The van der Waals surface area contributed by atoms with E-state index in [1.165, 1.54) is 12.4 Å². The summed E-state index contributed by atoms with van der Waals surface area (Å²) in [6.07, 6.45) is 5.64. The molecule has 2 aromatic rings. The summed E-state index contributed by atoms with van der Waals surface area (Å²) in [6, 6.07) is 0.253. The Kier molecular flexibility index (Phi) is 2.02. The number of aromatic nitrogens is 5. The molecule has 1 fully saturated rings. The molecular weight excluding hydrogens is 211 g/mol. The lowest BCUT2D eigenvalue weighted by molar-refractivity contribution is 0.328. The van der Waals surface area contributed by atoms with Gasteiger partial charge in [-0.15, -0.1) is 0 Å². The highest BCUT2D eigenvalue weighted by atomic mass is 19.1. The van der Waals surface area contributed by atoms with Gasteiger partial charge in [-0.3, -0.25) is 0 Å². The lowest BCUT2D eigenvalue weighted by Gasteiger charge is -2.38. The number of hydrogen-bond acceptors (Lipinski definition) is 5. The van der Waals surface area contributed by atoms with Gasteiger partial charge in [-0.1, -0.05) is 0 Å². The molecule has 1 aliphatic rings. The van der Waals surface area contributed by atoms with Gasteiger partial charge in [0.2, 0.25) is 5.95 Å². The van der Waals surface area contributed by atoms with E-state index >= 15 is 0 Å². The molecule has 0 spiro atoms. The number of anilines is 1. The molecule has 3 rings (SSSR count). The third kappa shape index (κ3) is 1.50. The molecule has 16 heavy (non-hydrogen) atoms. The molecule has 0 saturated carbocycles. The van der Waals surface area contributed by atoms with Crippen LogP contribution in [0.3, 0.4) is 0 Å². The highest BCUT2D eigenvalue weighted by molar-refractivity contribution is 5.33. The first kappa shape index (κ1) is 9.20. The van der Waals surface area contributed by atoms with E-state index in [2.05, 4.69) is 20.2 Å². The van der Waals surface area contributed by atoms with Crippen molar-refractivity contribution < 1.29 is 4.39 Å². The molecule has 0 aromatic carbocycles. The molecule has 2 aromatic heterocycles. The van der Waals surface area contributed by atoms with Crippen molar-refractivity contribution in [2.45, 2.75) is 6.04 Å². The van der Waals surface area contributed by atoms with Gasteiger partial charge in [0, 0.05) is 13.1 Å². The number of nitrogens with zero attached hydrogens (tertiary/aromatic N) is 6. The van der Waals surface area contributed by atoms with E-state index in [4.69, 9.17) is 0 Å². The zero-order chi connectivity index (χ0) is 11.0. The Morgan fingerprint density at radius 3 is 2.38 bits per heavy atom.